The molecule has 8 aromatic carbocycles. The number of furan rings is 1. The van der Waals surface area contributed by atoms with Gasteiger partial charge in [-0.05, 0) is 52.6 Å². The van der Waals surface area contributed by atoms with Gasteiger partial charge in [-0.1, -0.05) is 164 Å². The normalized spacial score (nSPS) is 14.1. The molecule has 0 saturated heterocycles. The molecule has 5 heteroatoms. The van der Waals surface area contributed by atoms with Crippen LogP contribution in [-0.4, -0.2) is 16.7 Å². The zero-order chi connectivity index (χ0) is 37.7. The van der Waals surface area contributed by atoms with E-state index >= 15 is 0 Å². The zero-order valence-electron chi connectivity index (χ0n) is 30.8. The molecule has 0 saturated carbocycles. The molecule has 1 N–H and O–H groups in total. The molecule has 0 radical (unpaired) electrons. The van der Waals surface area contributed by atoms with Crippen molar-refractivity contribution in [3.63, 3.8) is 0 Å². The quantitative estimate of drug-likeness (QED) is 0.173. The van der Waals surface area contributed by atoms with Crippen molar-refractivity contribution in [2.75, 3.05) is 0 Å². The lowest BCUT2D eigenvalue weighted by Crippen LogP contribution is -2.33. The van der Waals surface area contributed by atoms with Gasteiger partial charge in [0, 0.05) is 49.2 Å². The minimum absolute atomic E-state index is 0.352. The summed E-state index contributed by atoms with van der Waals surface area (Å²) in [6, 6.07) is 67.4. The Morgan fingerprint density at radius 1 is 0.439 bits per heavy atom. The molecule has 0 spiro atoms. The summed E-state index contributed by atoms with van der Waals surface area (Å²) in [5.41, 5.74) is 12.0. The Labute approximate surface area is 329 Å². The predicted octanol–water partition coefficient (Wildman–Crippen LogP) is 12.8. The minimum atomic E-state index is -0.352. The van der Waals surface area contributed by atoms with Crippen LogP contribution in [0.3, 0.4) is 0 Å². The molecule has 10 aromatic rings. The van der Waals surface area contributed by atoms with Crippen LogP contribution in [0, 0.1) is 0 Å². The average molecular weight is 731 g/mol. The molecular weight excluding hydrogens is 697 g/mol. The molecule has 5 nitrogen and oxygen atoms in total. The maximum absolute atomic E-state index is 6.62. The van der Waals surface area contributed by atoms with E-state index < -0.39 is 0 Å². The number of aromatic nitrogens is 1. The van der Waals surface area contributed by atoms with E-state index in [9.17, 15) is 0 Å². The molecule has 3 heterocycles. The molecule has 0 aliphatic carbocycles. The fraction of sp³-hybridized carbons (Fsp3) is 0.0192. The number of hydrogen-bond donors (Lipinski definition) is 1. The topological polar surface area (TPSA) is 62.8 Å². The highest BCUT2D eigenvalue weighted by Gasteiger charge is 2.24. The first kappa shape index (κ1) is 32.8. The number of fused-ring (bicyclic) bond motifs is 6. The van der Waals surface area contributed by atoms with Crippen molar-refractivity contribution in [3.05, 3.63) is 211 Å². The van der Waals surface area contributed by atoms with E-state index in [1.54, 1.807) is 0 Å². The van der Waals surface area contributed by atoms with E-state index in [1.165, 1.54) is 0 Å². The summed E-state index contributed by atoms with van der Waals surface area (Å²) in [6.07, 6.45) is -0.352. The largest absolute Gasteiger partial charge is 0.456 e. The van der Waals surface area contributed by atoms with Crippen LogP contribution in [0.2, 0.25) is 0 Å². The highest BCUT2D eigenvalue weighted by Crippen LogP contribution is 2.46. The highest BCUT2D eigenvalue weighted by atomic mass is 16.3. The SMILES string of the molecule is c1ccc(C2=NC(c3cccc(-c4ccccc4)c3)NC(c3cccc(-c4nc5ccccc5c5c(-c6ccccc6)c6c(cc45)oc4ccccc46)c3)=N2)cc1. The molecule has 57 heavy (non-hydrogen) atoms. The van der Waals surface area contributed by atoms with Crippen LogP contribution in [0.15, 0.2) is 209 Å². The second-order valence-electron chi connectivity index (χ2n) is 14.4. The Morgan fingerprint density at radius 2 is 1.07 bits per heavy atom. The smallest absolute Gasteiger partial charge is 0.159 e. The average Bonchev–Trinajstić information content (AvgIpc) is 3.67. The molecule has 1 unspecified atom stereocenters. The van der Waals surface area contributed by atoms with E-state index in [2.05, 4.69) is 163 Å². The van der Waals surface area contributed by atoms with Crippen LogP contribution in [0.5, 0.6) is 0 Å². The molecule has 1 aliphatic heterocycles. The van der Waals surface area contributed by atoms with Crippen LogP contribution in [-0.2, 0) is 0 Å². The van der Waals surface area contributed by atoms with E-state index in [4.69, 9.17) is 19.4 Å². The molecule has 1 atom stereocenters. The van der Waals surface area contributed by atoms with Crippen LogP contribution < -0.4 is 5.32 Å². The van der Waals surface area contributed by atoms with Crippen molar-refractivity contribution in [2.24, 2.45) is 9.98 Å². The molecular formula is C52H34N4O. The lowest BCUT2D eigenvalue weighted by atomic mass is 9.89. The van der Waals surface area contributed by atoms with Crippen molar-refractivity contribution < 1.29 is 4.42 Å². The Hall–Kier alpha value is -7.63. The number of aliphatic imine (C=N–C) groups is 2. The number of benzene rings is 8. The van der Waals surface area contributed by atoms with Crippen LogP contribution in [0.4, 0.5) is 0 Å². The van der Waals surface area contributed by atoms with E-state index in [0.717, 1.165) is 99.7 Å². The summed E-state index contributed by atoms with van der Waals surface area (Å²) in [7, 11) is 0. The maximum Gasteiger partial charge on any atom is 0.159 e. The number of pyridine rings is 1. The third kappa shape index (κ3) is 5.76. The fourth-order valence-corrected chi connectivity index (χ4v) is 8.25. The number of nitrogens with one attached hydrogen (secondary N) is 1. The second kappa shape index (κ2) is 13.6. The molecule has 0 amide bonds. The minimum Gasteiger partial charge on any atom is -0.456 e. The van der Waals surface area contributed by atoms with Crippen molar-refractivity contribution in [3.8, 4) is 33.5 Å². The van der Waals surface area contributed by atoms with E-state index in [1.807, 2.05) is 36.4 Å². The van der Waals surface area contributed by atoms with Gasteiger partial charge in [-0.15, -0.1) is 0 Å². The standard InChI is InChI=1S/C52H34N4O/c1-4-16-33(17-5-1)36-22-14-24-38(30-36)51-54-50(35-20-8-3-9-21-35)55-52(56-51)39-25-15-23-37(31-39)49-42-32-45-48(41-27-11-13-29-44(41)57-45)46(34-18-6-2-7-19-34)47(42)40-26-10-12-28-43(40)53-49/h1-32,51H,(H,54,55,56). The van der Waals surface area contributed by atoms with Crippen LogP contribution in [0.1, 0.15) is 22.9 Å². The van der Waals surface area contributed by atoms with Gasteiger partial charge in [0.1, 0.15) is 23.2 Å². The molecule has 2 aromatic heterocycles. The summed E-state index contributed by atoms with van der Waals surface area (Å²) in [5.74, 6) is 1.43. The van der Waals surface area contributed by atoms with Gasteiger partial charge in [-0.2, -0.15) is 0 Å². The van der Waals surface area contributed by atoms with Gasteiger partial charge < -0.3 is 9.73 Å². The van der Waals surface area contributed by atoms with Crippen LogP contribution in [0.25, 0.3) is 77.1 Å². The summed E-state index contributed by atoms with van der Waals surface area (Å²) in [6.45, 7) is 0. The first-order chi connectivity index (χ1) is 28.2. The van der Waals surface area contributed by atoms with Crippen molar-refractivity contribution in [1.29, 1.82) is 0 Å². The van der Waals surface area contributed by atoms with Gasteiger partial charge in [0.2, 0.25) is 0 Å². The van der Waals surface area contributed by atoms with Gasteiger partial charge >= 0.3 is 0 Å². The first-order valence-corrected chi connectivity index (χ1v) is 19.2. The summed E-state index contributed by atoms with van der Waals surface area (Å²) >= 11 is 0. The Morgan fingerprint density at radius 3 is 1.88 bits per heavy atom. The van der Waals surface area contributed by atoms with Crippen molar-refractivity contribution >= 4 is 55.3 Å². The number of rotatable bonds is 6. The van der Waals surface area contributed by atoms with Crippen LogP contribution >= 0.6 is 0 Å². The summed E-state index contributed by atoms with van der Waals surface area (Å²) < 4.78 is 6.62. The number of amidine groups is 2. The fourth-order valence-electron chi connectivity index (χ4n) is 8.25. The van der Waals surface area contributed by atoms with Crippen molar-refractivity contribution in [1.82, 2.24) is 10.3 Å². The Kier molecular flexibility index (Phi) is 7.81. The van der Waals surface area contributed by atoms with Gasteiger partial charge in [0.25, 0.3) is 0 Å². The molecule has 0 fully saturated rings. The van der Waals surface area contributed by atoms with E-state index in [-0.39, 0.29) is 6.17 Å². The molecule has 11 rings (SSSR count). The lowest BCUT2D eigenvalue weighted by molar-refractivity contribution is 0.669. The molecule has 268 valence electrons. The van der Waals surface area contributed by atoms with Gasteiger partial charge in [-0.3, -0.25) is 0 Å². The Balaban J connectivity index is 1.10. The number of para-hydroxylation sites is 2. The van der Waals surface area contributed by atoms with Gasteiger partial charge in [0.15, 0.2) is 5.84 Å². The maximum atomic E-state index is 6.62. The Bertz CT molecular complexity index is 3200. The monoisotopic (exact) mass is 730 g/mol. The first-order valence-electron chi connectivity index (χ1n) is 19.2. The predicted molar refractivity (Wildman–Crippen MR) is 235 cm³/mol. The third-order valence-corrected chi connectivity index (χ3v) is 10.9. The van der Waals surface area contributed by atoms with E-state index in [0.29, 0.717) is 5.84 Å². The summed E-state index contributed by atoms with van der Waals surface area (Å²) in [4.78, 5) is 15.7. The third-order valence-electron chi connectivity index (χ3n) is 10.9. The second-order valence-corrected chi connectivity index (χ2v) is 14.4. The number of hydrogen-bond acceptors (Lipinski definition) is 5. The number of nitrogens with zero attached hydrogens (tertiary/aromatic N) is 3. The van der Waals surface area contributed by atoms with Gasteiger partial charge in [-0.25, -0.2) is 15.0 Å². The van der Waals surface area contributed by atoms with Gasteiger partial charge in [0.05, 0.1) is 11.2 Å². The molecule has 0 bridgehead atoms. The molecule has 1 aliphatic rings. The summed E-state index contributed by atoms with van der Waals surface area (Å²) in [5, 5.41) is 9.18. The zero-order valence-corrected chi connectivity index (χ0v) is 30.8. The van der Waals surface area contributed by atoms with Crippen molar-refractivity contribution in [2.45, 2.75) is 6.17 Å². The lowest BCUT2D eigenvalue weighted by Gasteiger charge is -2.24. The highest BCUT2D eigenvalue weighted by molar-refractivity contribution is 6.28.